The van der Waals surface area contributed by atoms with Crippen molar-refractivity contribution in [3.8, 4) is 0 Å². The molecule has 0 spiro atoms. The predicted molar refractivity (Wildman–Crippen MR) is 114 cm³/mol. The van der Waals surface area contributed by atoms with Crippen LogP contribution in [0.5, 0.6) is 0 Å². The maximum atomic E-state index is 12.3. The number of imidazole rings is 1. The van der Waals surface area contributed by atoms with E-state index in [-0.39, 0.29) is 5.56 Å². The lowest BCUT2D eigenvalue weighted by molar-refractivity contribution is 0.586. The highest BCUT2D eigenvalue weighted by Crippen LogP contribution is 2.23. The van der Waals surface area contributed by atoms with Gasteiger partial charge in [0.1, 0.15) is 0 Å². The Hall–Kier alpha value is -1.76. The van der Waals surface area contributed by atoms with Crippen molar-refractivity contribution in [2.75, 3.05) is 5.75 Å². The SMILES string of the molecule is CC=CCn1c(SCCCCCCCCCC)nc2c1c(=O)[nH]c(=O)n2C. The summed E-state index contributed by atoms with van der Waals surface area (Å²) in [5.74, 6) is 0.972. The Balaban J connectivity index is 2.00. The van der Waals surface area contributed by atoms with E-state index >= 15 is 0 Å². The minimum absolute atomic E-state index is 0.371. The Labute approximate surface area is 165 Å². The van der Waals surface area contributed by atoms with Crippen LogP contribution in [0, 0.1) is 0 Å². The number of allylic oxidation sites excluding steroid dienone is 2. The van der Waals surface area contributed by atoms with E-state index in [1.165, 1.54) is 49.5 Å². The molecule has 2 aromatic rings. The van der Waals surface area contributed by atoms with Gasteiger partial charge in [-0.2, -0.15) is 0 Å². The minimum atomic E-state index is -0.428. The van der Waals surface area contributed by atoms with Gasteiger partial charge in [-0.3, -0.25) is 14.3 Å². The molecule has 0 saturated carbocycles. The van der Waals surface area contributed by atoms with Crippen LogP contribution in [0.2, 0.25) is 0 Å². The van der Waals surface area contributed by atoms with Crippen molar-refractivity contribution >= 4 is 22.9 Å². The number of hydrogen-bond acceptors (Lipinski definition) is 4. The summed E-state index contributed by atoms with van der Waals surface area (Å²) >= 11 is 1.67. The zero-order valence-electron chi connectivity index (χ0n) is 16.8. The van der Waals surface area contributed by atoms with Crippen LogP contribution in [0.4, 0.5) is 0 Å². The monoisotopic (exact) mass is 392 g/mol. The largest absolute Gasteiger partial charge is 0.329 e. The molecule has 0 atom stereocenters. The van der Waals surface area contributed by atoms with Crippen molar-refractivity contribution in [1.29, 1.82) is 0 Å². The van der Waals surface area contributed by atoms with Crippen LogP contribution in [-0.4, -0.2) is 24.9 Å². The molecular weight excluding hydrogens is 360 g/mol. The van der Waals surface area contributed by atoms with Crippen LogP contribution >= 0.6 is 11.8 Å². The molecule has 6 nitrogen and oxygen atoms in total. The van der Waals surface area contributed by atoms with E-state index in [0.29, 0.717) is 17.7 Å². The van der Waals surface area contributed by atoms with Crippen molar-refractivity contribution in [2.24, 2.45) is 7.05 Å². The fourth-order valence-electron chi connectivity index (χ4n) is 3.10. The van der Waals surface area contributed by atoms with Gasteiger partial charge in [-0.15, -0.1) is 0 Å². The molecule has 0 aliphatic rings. The number of hydrogen-bond donors (Lipinski definition) is 1. The molecule has 0 bridgehead atoms. The van der Waals surface area contributed by atoms with Gasteiger partial charge in [0.2, 0.25) is 0 Å². The third-order valence-corrected chi connectivity index (χ3v) is 5.79. The average molecular weight is 393 g/mol. The second-order valence-electron chi connectivity index (χ2n) is 6.89. The van der Waals surface area contributed by atoms with E-state index in [2.05, 4.69) is 16.9 Å². The van der Waals surface area contributed by atoms with E-state index < -0.39 is 5.69 Å². The summed E-state index contributed by atoms with van der Waals surface area (Å²) in [6.45, 7) is 4.77. The molecular formula is C20H32N4O2S. The molecule has 0 saturated heterocycles. The van der Waals surface area contributed by atoms with Gasteiger partial charge in [0.05, 0.1) is 0 Å². The number of aromatic nitrogens is 4. The maximum Gasteiger partial charge on any atom is 0.329 e. The van der Waals surface area contributed by atoms with Crippen LogP contribution in [0.25, 0.3) is 11.2 Å². The fourth-order valence-corrected chi connectivity index (χ4v) is 4.11. The number of fused-ring (bicyclic) bond motifs is 1. The molecule has 2 rings (SSSR count). The van der Waals surface area contributed by atoms with E-state index in [9.17, 15) is 9.59 Å². The lowest BCUT2D eigenvalue weighted by atomic mass is 10.1. The smallest absolute Gasteiger partial charge is 0.309 e. The third kappa shape index (κ3) is 5.86. The Morgan fingerprint density at radius 2 is 1.74 bits per heavy atom. The van der Waals surface area contributed by atoms with Crippen molar-refractivity contribution in [3.05, 3.63) is 33.0 Å². The molecule has 2 aromatic heterocycles. The fraction of sp³-hybridized carbons (Fsp3) is 0.650. The predicted octanol–water partition coefficient (Wildman–Crippen LogP) is 4.23. The van der Waals surface area contributed by atoms with Gasteiger partial charge in [-0.25, -0.2) is 9.78 Å². The zero-order chi connectivity index (χ0) is 19.6. The molecule has 1 N–H and O–H groups in total. The van der Waals surface area contributed by atoms with Gasteiger partial charge < -0.3 is 4.57 Å². The highest BCUT2D eigenvalue weighted by Gasteiger charge is 2.16. The van der Waals surface area contributed by atoms with Crippen LogP contribution in [0.15, 0.2) is 26.9 Å². The quantitative estimate of drug-likeness (QED) is 0.333. The van der Waals surface area contributed by atoms with Crippen LogP contribution < -0.4 is 11.2 Å². The standard InChI is InChI=1S/C20H32N4O2S/c1-4-6-8-9-10-11-12-13-15-27-20-21-17-16(24(20)14-7-5-2)18(25)22-19(26)23(17)3/h5,7H,4,6,8-15H2,1-3H3,(H,22,25,26). The van der Waals surface area contributed by atoms with Gasteiger partial charge in [0.15, 0.2) is 16.3 Å². The average Bonchev–Trinajstić information content (AvgIpc) is 3.02. The molecule has 0 fully saturated rings. The number of nitrogens with one attached hydrogen (secondary N) is 1. The number of rotatable bonds is 12. The molecule has 0 aliphatic heterocycles. The Morgan fingerprint density at radius 3 is 2.41 bits per heavy atom. The lowest BCUT2D eigenvalue weighted by Gasteiger charge is -2.06. The second kappa shape index (κ2) is 11.2. The van der Waals surface area contributed by atoms with Crippen molar-refractivity contribution < 1.29 is 0 Å². The number of thioether (sulfide) groups is 1. The van der Waals surface area contributed by atoms with Crippen molar-refractivity contribution in [1.82, 2.24) is 19.1 Å². The summed E-state index contributed by atoms with van der Waals surface area (Å²) in [5.41, 5.74) is 0.118. The third-order valence-electron chi connectivity index (χ3n) is 4.72. The summed E-state index contributed by atoms with van der Waals surface area (Å²) in [7, 11) is 1.64. The van der Waals surface area contributed by atoms with Gasteiger partial charge in [-0.05, 0) is 13.3 Å². The van der Waals surface area contributed by atoms with Crippen molar-refractivity contribution in [3.63, 3.8) is 0 Å². The van der Waals surface area contributed by atoms with Crippen molar-refractivity contribution in [2.45, 2.75) is 76.9 Å². The van der Waals surface area contributed by atoms with E-state index in [4.69, 9.17) is 0 Å². The molecule has 0 unspecified atom stereocenters. The molecule has 7 heteroatoms. The topological polar surface area (TPSA) is 72.7 Å². The first-order valence-corrected chi connectivity index (χ1v) is 11.0. The number of nitrogens with zero attached hydrogens (tertiary/aromatic N) is 3. The molecule has 27 heavy (non-hydrogen) atoms. The molecule has 0 radical (unpaired) electrons. The normalized spacial score (nSPS) is 11.8. The Morgan fingerprint density at radius 1 is 1.07 bits per heavy atom. The van der Waals surface area contributed by atoms with Gasteiger partial charge >= 0.3 is 5.69 Å². The van der Waals surface area contributed by atoms with E-state index in [1.54, 1.807) is 18.8 Å². The van der Waals surface area contributed by atoms with Crippen LogP contribution in [-0.2, 0) is 13.6 Å². The molecule has 2 heterocycles. The first-order chi connectivity index (χ1) is 13.1. The van der Waals surface area contributed by atoms with Crippen LogP contribution in [0.3, 0.4) is 0 Å². The maximum absolute atomic E-state index is 12.3. The lowest BCUT2D eigenvalue weighted by Crippen LogP contribution is -2.29. The van der Waals surface area contributed by atoms with Crippen LogP contribution in [0.1, 0.15) is 65.2 Å². The summed E-state index contributed by atoms with van der Waals surface area (Å²) in [6, 6.07) is 0. The summed E-state index contributed by atoms with van der Waals surface area (Å²) in [6.07, 6.45) is 14.3. The Kier molecular flexibility index (Phi) is 8.91. The summed E-state index contributed by atoms with van der Waals surface area (Å²) in [4.78, 5) is 31.1. The number of unbranched alkanes of at least 4 members (excludes halogenated alkanes) is 7. The number of aryl methyl sites for hydroxylation is 1. The molecule has 150 valence electrons. The first kappa shape index (κ1) is 21.5. The summed E-state index contributed by atoms with van der Waals surface area (Å²) in [5, 5.41) is 0.803. The van der Waals surface area contributed by atoms with E-state index in [1.807, 2.05) is 23.6 Å². The number of aromatic amines is 1. The first-order valence-electron chi connectivity index (χ1n) is 10.0. The zero-order valence-corrected chi connectivity index (χ0v) is 17.6. The van der Waals surface area contributed by atoms with E-state index in [0.717, 1.165) is 17.3 Å². The second-order valence-corrected chi connectivity index (χ2v) is 7.95. The molecule has 0 aliphatic carbocycles. The van der Waals surface area contributed by atoms with Gasteiger partial charge in [0, 0.05) is 19.3 Å². The summed E-state index contributed by atoms with van der Waals surface area (Å²) < 4.78 is 3.31. The highest BCUT2D eigenvalue weighted by atomic mass is 32.2. The highest BCUT2D eigenvalue weighted by molar-refractivity contribution is 7.99. The Bertz CT molecular complexity index is 863. The minimum Gasteiger partial charge on any atom is -0.309 e. The van der Waals surface area contributed by atoms with Gasteiger partial charge in [0.25, 0.3) is 5.56 Å². The molecule has 0 aromatic carbocycles. The molecule has 0 amide bonds. The number of H-pyrrole nitrogens is 1. The van der Waals surface area contributed by atoms with Gasteiger partial charge in [-0.1, -0.05) is 75.8 Å².